The summed E-state index contributed by atoms with van der Waals surface area (Å²) in [5.74, 6) is -0.103. The molecule has 1 amide bonds. The lowest BCUT2D eigenvalue weighted by molar-refractivity contribution is -0.143. The molecule has 0 radical (unpaired) electrons. The molecule has 0 heterocycles. The number of unbranched alkanes of at least 4 members (excludes halogenated alkanes) is 36. The number of hydrogen-bond donors (Lipinski definition) is 3. The molecule has 62 heavy (non-hydrogen) atoms. The van der Waals surface area contributed by atoms with Gasteiger partial charge in [0, 0.05) is 12.8 Å². The van der Waals surface area contributed by atoms with E-state index in [0.29, 0.717) is 25.9 Å². The highest BCUT2D eigenvalue weighted by Crippen LogP contribution is 2.17. The number of nitrogens with one attached hydrogen (secondary N) is 1. The Morgan fingerprint density at radius 3 is 1.18 bits per heavy atom. The lowest BCUT2D eigenvalue weighted by Crippen LogP contribution is -2.45. The van der Waals surface area contributed by atoms with Crippen molar-refractivity contribution in [2.75, 3.05) is 13.2 Å². The summed E-state index contributed by atoms with van der Waals surface area (Å²) in [6.45, 7) is 4.86. The zero-order valence-electron chi connectivity index (χ0n) is 41.6. The molecule has 0 aliphatic carbocycles. The number of carbonyl (C=O) groups is 2. The molecule has 0 aliphatic heterocycles. The van der Waals surface area contributed by atoms with Crippen molar-refractivity contribution in [2.24, 2.45) is 0 Å². The van der Waals surface area contributed by atoms with Crippen LogP contribution in [-0.2, 0) is 14.3 Å². The summed E-state index contributed by atoms with van der Waals surface area (Å²) in [7, 11) is 0. The molecule has 366 valence electrons. The number of ether oxygens (including phenoxy) is 1. The summed E-state index contributed by atoms with van der Waals surface area (Å²) in [6.07, 6.45) is 61.6. The van der Waals surface area contributed by atoms with Gasteiger partial charge >= 0.3 is 5.97 Å². The van der Waals surface area contributed by atoms with Gasteiger partial charge in [0.1, 0.15) is 0 Å². The van der Waals surface area contributed by atoms with Crippen LogP contribution in [0.15, 0.2) is 24.3 Å². The van der Waals surface area contributed by atoms with Crippen LogP contribution >= 0.6 is 0 Å². The third kappa shape index (κ3) is 47.8. The first-order valence-electron chi connectivity index (χ1n) is 27.6. The zero-order chi connectivity index (χ0) is 45.1. The molecule has 3 N–H and O–H groups in total. The van der Waals surface area contributed by atoms with E-state index in [9.17, 15) is 19.8 Å². The lowest BCUT2D eigenvalue weighted by Gasteiger charge is -2.22. The van der Waals surface area contributed by atoms with E-state index in [1.807, 2.05) is 0 Å². The second kappa shape index (κ2) is 52.0. The fraction of sp³-hybridized carbons (Fsp3) is 0.893. The number of aliphatic hydroxyl groups excluding tert-OH is 2. The molecular formula is C56H107NO5. The number of allylic oxidation sites excluding steroid dienone is 4. The van der Waals surface area contributed by atoms with Crippen molar-refractivity contribution in [3.63, 3.8) is 0 Å². The first-order chi connectivity index (χ1) is 30.5. The van der Waals surface area contributed by atoms with Crippen molar-refractivity contribution in [1.82, 2.24) is 5.32 Å². The molecule has 0 saturated heterocycles. The monoisotopic (exact) mass is 874 g/mol. The van der Waals surface area contributed by atoms with Crippen LogP contribution in [0.3, 0.4) is 0 Å². The second-order valence-electron chi connectivity index (χ2n) is 18.9. The van der Waals surface area contributed by atoms with Gasteiger partial charge in [0.2, 0.25) is 5.91 Å². The molecule has 0 spiro atoms. The molecule has 6 heteroatoms. The fourth-order valence-electron chi connectivity index (χ4n) is 8.45. The SMILES string of the molecule is CCCCC/C=C\CCCCCCCC(=O)OCCCC/C=C\CCCCCCCC(=O)NC(CO)C(O)CCCCCCCCCCCCCCCCCCCCCCCC. The summed E-state index contributed by atoms with van der Waals surface area (Å²) in [5, 5.41) is 23.3. The Hall–Kier alpha value is -1.66. The van der Waals surface area contributed by atoms with Crippen LogP contribution in [0.4, 0.5) is 0 Å². The van der Waals surface area contributed by atoms with E-state index in [1.54, 1.807) is 0 Å². The summed E-state index contributed by atoms with van der Waals surface area (Å²) in [4.78, 5) is 24.5. The van der Waals surface area contributed by atoms with Gasteiger partial charge < -0.3 is 20.3 Å². The molecule has 6 nitrogen and oxygen atoms in total. The standard InChI is InChI=1S/C56H107NO5/c1-3-5-7-9-11-13-15-17-18-19-20-21-22-23-24-25-26-28-32-36-40-44-48-54(59)53(52-58)57-55(60)49-45-41-37-33-29-27-31-35-39-43-47-51-62-56(61)50-46-42-38-34-30-16-14-12-10-8-6-4-2/h12,14,31,35,53-54,58-59H,3-11,13,15-30,32-34,36-52H2,1-2H3,(H,57,60)/b14-12-,35-31-. The highest BCUT2D eigenvalue weighted by molar-refractivity contribution is 5.76. The average molecular weight is 874 g/mol. The maximum atomic E-state index is 12.5. The lowest BCUT2D eigenvalue weighted by atomic mass is 10.0. The maximum Gasteiger partial charge on any atom is 0.305 e. The van der Waals surface area contributed by atoms with Gasteiger partial charge in [0.15, 0.2) is 0 Å². The molecule has 0 saturated carbocycles. The van der Waals surface area contributed by atoms with Gasteiger partial charge in [-0.1, -0.05) is 231 Å². The van der Waals surface area contributed by atoms with Gasteiger partial charge in [-0.05, 0) is 77.0 Å². The van der Waals surface area contributed by atoms with E-state index in [2.05, 4.69) is 43.5 Å². The molecule has 0 aromatic carbocycles. The highest BCUT2D eigenvalue weighted by Gasteiger charge is 2.20. The molecule has 0 aliphatic rings. The van der Waals surface area contributed by atoms with Crippen molar-refractivity contribution in [2.45, 2.75) is 309 Å². The Morgan fingerprint density at radius 2 is 0.758 bits per heavy atom. The Morgan fingerprint density at radius 1 is 0.435 bits per heavy atom. The summed E-state index contributed by atoms with van der Waals surface area (Å²) in [5.41, 5.74) is 0. The van der Waals surface area contributed by atoms with E-state index in [0.717, 1.165) is 83.5 Å². The minimum absolute atomic E-state index is 0.0407. The number of carbonyl (C=O) groups excluding carboxylic acids is 2. The smallest absolute Gasteiger partial charge is 0.305 e. The molecule has 0 aromatic heterocycles. The molecular weight excluding hydrogens is 767 g/mol. The largest absolute Gasteiger partial charge is 0.466 e. The number of amides is 1. The molecule has 0 aromatic rings. The van der Waals surface area contributed by atoms with Gasteiger partial charge in [-0.15, -0.1) is 0 Å². The van der Waals surface area contributed by atoms with E-state index >= 15 is 0 Å². The average Bonchev–Trinajstić information content (AvgIpc) is 3.27. The number of hydrogen-bond acceptors (Lipinski definition) is 5. The first-order valence-corrected chi connectivity index (χ1v) is 27.6. The van der Waals surface area contributed by atoms with E-state index in [-0.39, 0.29) is 18.5 Å². The van der Waals surface area contributed by atoms with E-state index in [1.165, 1.54) is 180 Å². The van der Waals surface area contributed by atoms with Crippen LogP contribution in [-0.4, -0.2) is 47.4 Å². The Labute approximate surface area is 386 Å². The molecule has 0 rings (SSSR count). The van der Waals surface area contributed by atoms with Crippen molar-refractivity contribution < 1.29 is 24.5 Å². The van der Waals surface area contributed by atoms with E-state index < -0.39 is 12.1 Å². The van der Waals surface area contributed by atoms with Crippen LogP contribution in [0.5, 0.6) is 0 Å². The quantitative estimate of drug-likeness (QED) is 0.0321. The van der Waals surface area contributed by atoms with Crippen molar-refractivity contribution in [3.05, 3.63) is 24.3 Å². The predicted octanol–water partition coefficient (Wildman–Crippen LogP) is 16.7. The minimum Gasteiger partial charge on any atom is -0.466 e. The predicted molar refractivity (Wildman–Crippen MR) is 269 cm³/mol. The Balaban J connectivity index is 3.51. The Kier molecular flexibility index (Phi) is 50.6. The topological polar surface area (TPSA) is 95.9 Å². The van der Waals surface area contributed by atoms with Crippen molar-refractivity contribution in [3.8, 4) is 0 Å². The van der Waals surface area contributed by atoms with Crippen LogP contribution in [0.25, 0.3) is 0 Å². The van der Waals surface area contributed by atoms with E-state index in [4.69, 9.17) is 4.74 Å². The summed E-state index contributed by atoms with van der Waals surface area (Å²) in [6, 6.07) is -0.563. The number of rotatable bonds is 51. The molecule has 0 fully saturated rings. The van der Waals surface area contributed by atoms with Crippen molar-refractivity contribution >= 4 is 11.9 Å². The third-order valence-electron chi connectivity index (χ3n) is 12.7. The van der Waals surface area contributed by atoms with Crippen molar-refractivity contribution in [1.29, 1.82) is 0 Å². The second-order valence-corrected chi connectivity index (χ2v) is 18.9. The van der Waals surface area contributed by atoms with Crippen LogP contribution in [0.2, 0.25) is 0 Å². The third-order valence-corrected chi connectivity index (χ3v) is 12.7. The minimum atomic E-state index is -0.683. The van der Waals surface area contributed by atoms with Gasteiger partial charge in [0.25, 0.3) is 0 Å². The van der Waals surface area contributed by atoms with Gasteiger partial charge in [-0.25, -0.2) is 0 Å². The Bertz CT molecular complexity index is 966. The zero-order valence-corrected chi connectivity index (χ0v) is 41.6. The van der Waals surface area contributed by atoms with Crippen LogP contribution < -0.4 is 5.32 Å². The molecule has 0 bridgehead atoms. The molecule has 2 atom stereocenters. The number of aliphatic hydroxyl groups is 2. The summed E-state index contributed by atoms with van der Waals surface area (Å²) >= 11 is 0. The maximum absolute atomic E-state index is 12.5. The summed E-state index contributed by atoms with van der Waals surface area (Å²) < 4.78 is 5.42. The first kappa shape index (κ1) is 60.3. The van der Waals surface area contributed by atoms with Gasteiger partial charge in [0.05, 0.1) is 25.4 Å². The van der Waals surface area contributed by atoms with Crippen LogP contribution in [0, 0.1) is 0 Å². The van der Waals surface area contributed by atoms with Gasteiger partial charge in [-0.2, -0.15) is 0 Å². The van der Waals surface area contributed by atoms with Crippen LogP contribution in [0.1, 0.15) is 296 Å². The normalized spacial score (nSPS) is 12.8. The van der Waals surface area contributed by atoms with Gasteiger partial charge in [-0.3, -0.25) is 9.59 Å². The highest BCUT2D eigenvalue weighted by atomic mass is 16.5. The number of esters is 1. The molecule has 2 unspecified atom stereocenters. The fourth-order valence-corrected chi connectivity index (χ4v) is 8.45.